The molecule has 19 heavy (non-hydrogen) atoms. The van der Waals surface area contributed by atoms with Crippen LogP contribution in [0, 0.1) is 29.1 Å². The summed E-state index contributed by atoms with van der Waals surface area (Å²) in [6, 6.07) is 0. The van der Waals surface area contributed by atoms with E-state index < -0.39 is 0 Å². The highest BCUT2D eigenvalue weighted by molar-refractivity contribution is 5.56. The lowest BCUT2D eigenvalue weighted by atomic mass is 9.82. The SMILES string of the molecule is CCC(CN)CC(C=N)CC(CN)CC(CC)CN. The first-order chi connectivity index (χ1) is 9.14. The molecule has 0 aliphatic carbocycles. The van der Waals surface area contributed by atoms with Crippen molar-refractivity contribution in [2.45, 2.75) is 46.0 Å². The molecule has 0 aromatic carbocycles. The Kier molecular flexibility index (Phi) is 11.1. The van der Waals surface area contributed by atoms with E-state index in [1.807, 2.05) is 0 Å². The Morgan fingerprint density at radius 1 is 0.789 bits per heavy atom. The van der Waals surface area contributed by atoms with E-state index >= 15 is 0 Å². The molecule has 4 unspecified atom stereocenters. The quantitative estimate of drug-likeness (QED) is 0.408. The molecular formula is C15H34N4. The van der Waals surface area contributed by atoms with Gasteiger partial charge in [0.15, 0.2) is 0 Å². The van der Waals surface area contributed by atoms with Crippen molar-refractivity contribution >= 4 is 6.21 Å². The molecule has 4 heteroatoms. The van der Waals surface area contributed by atoms with Crippen LogP contribution in [-0.4, -0.2) is 25.8 Å². The maximum absolute atomic E-state index is 7.61. The first kappa shape index (κ1) is 18.6. The number of hydrogen-bond donors (Lipinski definition) is 4. The highest BCUT2D eigenvalue weighted by atomic mass is 14.6. The highest BCUT2D eigenvalue weighted by Gasteiger charge is 2.19. The molecule has 0 heterocycles. The minimum absolute atomic E-state index is 0.317. The summed E-state index contributed by atoms with van der Waals surface area (Å²) in [5, 5.41) is 7.61. The van der Waals surface area contributed by atoms with Gasteiger partial charge in [0.25, 0.3) is 0 Å². The van der Waals surface area contributed by atoms with Crippen LogP contribution in [0.3, 0.4) is 0 Å². The predicted molar refractivity (Wildman–Crippen MR) is 84.3 cm³/mol. The lowest BCUT2D eigenvalue weighted by Gasteiger charge is -2.25. The van der Waals surface area contributed by atoms with E-state index in [4.69, 9.17) is 22.6 Å². The van der Waals surface area contributed by atoms with Crippen LogP contribution < -0.4 is 17.2 Å². The van der Waals surface area contributed by atoms with Gasteiger partial charge in [0.2, 0.25) is 0 Å². The van der Waals surface area contributed by atoms with Gasteiger partial charge in [-0.1, -0.05) is 26.7 Å². The van der Waals surface area contributed by atoms with Crippen LogP contribution in [0.1, 0.15) is 46.0 Å². The summed E-state index contributed by atoms with van der Waals surface area (Å²) in [6.45, 7) is 6.50. The Morgan fingerprint density at radius 3 is 1.58 bits per heavy atom. The third-order valence-corrected chi connectivity index (χ3v) is 4.33. The van der Waals surface area contributed by atoms with Crippen LogP contribution in [0.2, 0.25) is 0 Å². The maximum atomic E-state index is 7.61. The second-order valence-electron chi connectivity index (χ2n) is 5.76. The van der Waals surface area contributed by atoms with E-state index in [2.05, 4.69) is 13.8 Å². The van der Waals surface area contributed by atoms with Gasteiger partial charge in [-0.3, -0.25) is 0 Å². The van der Waals surface area contributed by atoms with Gasteiger partial charge >= 0.3 is 0 Å². The lowest BCUT2D eigenvalue weighted by Crippen LogP contribution is -2.26. The van der Waals surface area contributed by atoms with Gasteiger partial charge in [0.05, 0.1) is 0 Å². The van der Waals surface area contributed by atoms with E-state index in [0.29, 0.717) is 36.8 Å². The molecule has 0 radical (unpaired) electrons. The third-order valence-electron chi connectivity index (χ3n) is 4.33. The summed E-state index contributed by atoms with van der Waals surface area (Å²) in [4.78, 5) is 0. The zero-order valence-electron chi connectivity index (χ0n) is 12.8. The third kappa shape index (κ3) is 7.65. The summed E-state index contributed by atoms with van der Waals surface area (Å²) >= 11 is 0. The van der Waals surface area contributed by atoms with E-state index in [1.54, 1.807) is 6.21 Å². The highest BCUT2D eigenvalue weighted by Crippen LogP contribution is 2.24. The summed E-state index contributed by atoms with van der Waals surface area (Å²) in [7, 11) is 0. The molecule has 4 nitrogen and oxygen atoms in total. The largest absolute Gasteiger partial charge is 0.330 e. The van der Waals surface area contributed by atoms with Crippen molar-refractivity contribution in [3.8, 4) is 0 Å². The molecule has 114 valence electrons. The van der Waals surface area contributed by atoms with Gasteiger partial charge < -0.3 is 22.6 Å². The maximum Gasteiger partial charge on any atom is -0.00165 e. The zero-order chi connectivity index (χ0) is 14.7. The second kappa shape index (κ2) is 11.4. The molecule has 4 atom stereocenters. The fourth-order valence-electron chi connectivity index (χ4n) is 2.71. The number of nitrogens with one attached hydrogen (secondary N) is 1. The molecule has 0 saturated heterocycles. The fraction of sp³-hybridized carbons (Fsp3) is 0.933. The first-order valence-corrected chi connectivity index (χ1v) is 7.75. The van der Waals surface area contributed by atoms with Gasteiger partial charge in [0.1, 0.15) is 0 Å². The Morgan fingerprint density at radius 2 is 1.21 bits per heavy atom. The number of rotatable bonds is 12. The van der Waals surface area contributed by atoms with Crippen LogP contribution in [0.25, 0.3) is 0 Å². The summed E-state index contributed by atoms with van der Waals surface area (Å²) in [6.07, 6.45) is 6.91. The van der Waals surface area contributed by atoms with Gasteiger partial charge in [-0.25, -0.2) is 0 Å². The van der Waals surface area contributed by atoms with Gasteiger partial charge in [0, 0.05) is 0 Å². The van der Waals surface area contributed by atoms with Crippen molar-refractivity contribution < 1.29 is 0 Å². The van der Waals surface area contributed by atoms with Crippen molar-refractivity contribution in [3.63, 3.8) is 0 Å². The number of nitrogens with two attached hydrogens (primary N) is 3. The lowest BCUT2D eigenvalue weighted by molar-refractivity contribution is 0.310. The standard InChI is InChI=1S/C15H34N4/c1-3-12(8-16)5-14(10-18)7-15(11-19)6-13(4-2)9-17/h10,12-15,18H,3-9,11,16-17,19H2,1-2H3. The van der Waals surface area contributed by atoms with Crippen LogP contribution >= 0.6 is 0 Å². The Balaban J connectivity index is 4.34. The Labute approximate surface area is 119 Å². The molecule has 0 fully saturated rings. The van der Waals surface area contributed by atoms with Gasteiger partial charge in [-0.2, -0.15) is 0 Å². The van der Waals surface area contributed by atoms with Crippen molar-refractivity contribution in [3.05, 3.63) is 0 Å². The van der Waals surface area contributed by atoms with Crippen LogP contribution in [0.4, 0.5) is 0 Å². The Bertz CT molecular complexity index is 212. The molecule has 0 bridgehead atoms. The van der Waals surface area contributed by atoms with Crippen LogP contribution in [-0.2, 0) is 0 Å². The molecule has 0 saturated carbocycles. The minimum Gasteiger partial charge on any atom is -0.330 e. The van der Waals surface area contributed by atoms with Crippen LogP contribution in [0.15, 0.2) is 0 Å². The Hall–Kier alpha value is -0.450. The topological polar surface area (TPSA) is 102 Å². The number of hydrogen-bond acceptors (Lipinski definition) is 4. The average molecular weight is 270 g/mol. The van der Waals surface area contributed by atoms with Crippen molar-refractivity contribution in [1.82, 2.24) is 0 Å². The van der Waals surface area contributed by atoms with E-state index in [-0.39, 0.29) is 0 Å². The fourth-order valence-corrected chi connectivity index (χ4v) is 2.71. The van der Waals surface area contributed by atoms with Gasteiger partial charge in [-0.15, -0.1) is 0 Å². The van der Waals surface area contributed by atoms with Crippen molar-refractivity contribution in [2.24, 2.45) is 40.9 Å². The molecule has 0 spiro atoms. The molecule has 0 aromatic heterocycles. The minimum atomic E-state index is 0.317. The molecule has 0 aliphatic rings. The zero-order valence-corrected chi connectivity index (χ0v) is 12.8. The summed E-state index contributed by atoms with van der Waals surface area (Å²) in [5.74, 6) is 1.89. The first-order valence-electron chi connectivity index (χ1n) is 7.75. The second-order valence-corrected chi connectivity index (χ2v) is 5.76. The van der Waals surface area contributed by atoms with Crippen molar-refractivity contribution in [2.75, 3.05) is 19.6 Å². The summed E-state index contributed by atoms with van der Waals surface area (Å²) < 4.78 is 0. The molecular weight excluding hydrogens is 236 g/mol. The summed E-state index contributed by atoms with van der Waals surface area (Å²) in [5.41, 5.74) is 17.4. The average Bonchev–Trinajstić information content (AvgIpc) is 2.46. The molecule has 0 aliphatic heterocycles. The molecule has 0 rings (SSSR count). The molecule has 0 amide bonds. The van der Waals surface area contributed by atoms with Crippen LogP contribution in [0.5, 0.6) is 0 Å². The van der Waals surface area contributed by atoms with E-state index in [1.165, 1.54) is 0 Å². The van der Waals surface area contributed by atoms with E-state index in [9.17, 15) is 0 Å². The monoisotopic (exact) mass is 270 g/mol. The molecule has 7 N–H and O–H groups in total. The predicted octanol–water partition coefficient (Wildman–Crippen LogP) is 1.97. The smallest absolute Gasteiger partial charge is 0.00165 e. The van der Waals surface area contributed by atoms with Crippen molar-refractivity contribution in [1.29, 1.82) is 5.41 Å². The van der Waals surface area contributed by atoms with Gasteiger partial charge in [-0.05, 0) is 68.8 Å². The van der Waals surface area contributed by atoms with E-state index in [0.717, 1.165) is 38.6 Å². The normalized spacial score (nSPS) is 17.7. The molecule has 0 aromatic rings.